The minimum atomic E-state index is 0.623. The van der Waals surface area contributed by atoms with Gasteiger partial charge in [0.05, 0.1) is 12.0 Å². The number of aromatic nitrogens is 2. The first-order chi connectivity index (χ1) is 17.2. The molecule has 1 rings (SSSR count). The molecule has 0 aromatic carbocycles. The fourth-order valence-electron chi connectivity index (χ4n) is 5.72. The number of nitrogens with zero attached hydrogens (tertiary/aromatic N) is 1. The molecule has 0 bridgehead atoms. The number of rotatable bonds is 26. The summed E-state index contributed by atoms with van der Waals surface area (Å²) in [6, 6.07) is 0.623. The van der Waals surface area contributed by atoms with E-state index in [0.29, 0.717) is 12.0 Å². The van der Waals surface area contributed by atoms with Gasteiger partial charge in [-0.05, 0) is 32.6 Å². The van der Waals surface area contributed by atoms with E-state index in [1.807, 2.05) is 0 Å². The van der Waals surface area contributed by atoms with E-state index in [2.05, 4.69) is 49.6 Å². The molecule has 2 nitrogen and oxygen atoms in total. The van der Waals surface area contributed by atoms with Crippen LogP contribution in [0.1, 0.15) is 200 Å². The van der Waals surface area contributed by atoms with Crippen LogP contribution in [0.25, 0.3) is 0 Å². The van der Waals surface area contributed by atoms with Crippen molar-refractivity contribution in [2.75, 3.05) is 0 Å². The van der Waals surface area contributed by atoms with Crippen LogP contribution >= 0.6 is 0 Å². The topological polar surface area (TPSA) is 19.7 Å². The molecule has 0 aliphatic rings. The van der Waals surface area contributed by atoms with Crippen molar-refractivity contribution in [3.05, 3.63) is 18.2 Å². The van der Waals surface area contributed by atoms with Crippen molar-refractivity contribution in [1.29, 1.82) is 0 Å². The lowest BCUT2D eigenvalue weighted by atomic mass is 9.93. The van der Waals surface area contributed by atoms with Crippen LogP contribution in [0, 0.1) is 0 Å². The maximum Gasteiger partial charge on any atom is 0.257 e. The predicted octanol–water partition coefficient (Wildman–Crippen LogP) is 11.4. The lowest BCUT2D eigenvalue weighted by molar-refractivity contribution is -0.727. The van der Waals surface area contributed by atoms with E-state index in [1.54, 1.807) is 0 Å². The second kappa shape index (κ2) is 23.6. The SMILES string of the molecule is CCCCCCCCCCCCCCC(CCCCCCC)c1[nH]cc[n+]1C(C)CCCCCC. The van der Waals surface area contributed by atoms with Crippen molar-refractivity contribution in [2.45, 2.75) is 194 Å². The van der Waals surface area contributed by atoms with Gasteiger partial charge in [0.2, 0.25) is 0 Å². The average molecular weight is 490 g/mol. The molecule has 1 N–H and O–H groups in total. The van der Waals surface area contributed by atoms with E-state index in [0.717, 1.165) is 0 Å². The minimum Gasteiger partial charge on any atom is -0.247 e. The third-order valence-corrected chi connectivity index (χ3v) is 8.14. The average Bonchev–Trinajstić information content (AvgIpc) is 3.36. The van der Waals surface area contributed by atoms with Crippen LogP contribution in [0.5, 0.6) is 0 Å². The zero-order chi connectivity index (χ0) is 25.4. The minimum absolute atomic E-state index is 0.623. The summed E-state index contributed by atoms with van der Waals surface area (Å²) >= 11 is 0. The van der Waals surface area contributed by atoms with Gasteiger partial charge in [0.15, 0.2) is 0 Å². The summed E-state index contributed by atoms with van der Waals surface area (Å²) in [5.74, 6) is 2.24. The highest BCUT2D eigenvalue weighted by Crippen LogP contribution is 2.27. The molecule has 0 saturated heterocycles. The van der Waals surface area contributed by atoms with Crippen molar-refractivity contribution < 1.29 is 4.57 Å². The lowest BCUT2D eigenvalue weighted by Crippen LogP contribution is -2.41. The molecule has 1 heterocycles. The van der Waals surface area contributed by atoms with Crippen LogP contribution in [0.3, 0.4) is 0 Å². The van der Waals surface area contributed by atoms with Gasteiger partial charge >= 0.3 is 0 Å². The summed E-state index contributed by atoms with van der Waals surface area (Å²) in [7, 11) is 0. The van der Waals surface area contributed by atoms with Gasteiger partial charge in [0, 0.05) is 0 Å². The Balaban J connectivity index is 2.39. The number of hydrogen-bond acceptors (Lipinski definition) is 0. The van der Waals surface area contributed by atoms with Crippen LogP contribution in [-0.2, 0) is 0 Å². The van der Waals surface area contributed by atoms with E-state index in [1.165, 1.54) is 160 Å². The van der Waals surface area contributed by atoms with Gasteiger partial charge in [-0.1, -0.05) is 149 Å². The molecule has 1 aromatic rings. The monoisotopic (exact) mass is 490 g/mol. The van der Waals surface area contributed by atoms with Crippen LogP contribution in [0.15, 0.2) is 12.4 Å². The first-order valence-corrected chi connectivity index (χ1v) is 16.3. The Kier molecular flexibility index (Phi) is 21.7. The third kappa shape index (κ3) is 16.6. The van der Waals surface area contributed by atoms with E-state index < -0.39 is 0 Å². The molecule has 0 fully saturated rings. The molecule has 0 spiro atoms. The molecule has 0 saturated carbocycles. The number of unbranched alkanes of at least 4 members (excludes halogenated alkanes) is 18. The summed E-state index contributed by atoms with van der Waals surface area (Å²) in [4.78, 5) is 3.70. The zero-order valence-corrected chi connectivity index (χ0v) is 24.7. The molecule has 206 valence electrons. The van der Waals surface area contributed by atoms with Crippen molar-refractivity contribution >= 4 is 0 Å². The lowest BCUT2D eigenvalue weighted by Gasteiger charge is -2.17. The molecule has 0 radical (unpaired) electrons. The number of imidazole rings is 1. The van der Waals surface area contributed by atoms with Crippen LogP contribution < -0.4 is 4.57 Å². The number of hydrogen-bond donors (Lipinski definition) is 1. The van der Waals surface area contributed by atoms with Crippen LogP contribution in [-0.4, -0.2) is 4.98 Å². The molecule has 0 aliphatic carbocycles. The number of nitrogens with one attached hydrogen (secondary N) is 1. The molecule has 0 amide bonds. The maximum absolute atomic E-state index is 3.70. The Hall–Kier alpha value is -0.790. The van der Waals surface area contributed by atoms with Gasteiger partial charge in [-0.2, -0.15) is 0 Å². The molecule has 2 heteroatoms. The van der Waals surface area contributed by atoms with Crippen molar-refractivity contribution in [3.63, 3.8) is 0 Å². The van der Waals surface area contributed by atoms with Crippen molar-refractivity contribution in [1.82, 2.24) is 4.98 Å². The summed E-state index contributed by atoms with van der Waals surface area (Å²) in [5.41, 5.74) is 0. The number of aromatic amines is 1. The maximum atomic E-state index is 3.70. The fourth-order valence-corrected chi connectivity index (χ4v) is 5.72. The predicted molar refractivity (Wildman–Crippen MR) is 156 cm³/mol. The van der Waals surface area contributed by atoms with Gasteiger partial charge < -0.3 is 0 Å². The molecular formula is C33H65N2+. The second-order valence-electron chi connectivity index (χ2n) is 11.5. The normalized spacial score (nSPS) is 13.4. The molecule has 2 unspecified atom stereocenters. The van der Waals surface area contributed by atoms with E-state index in [9.17, 15) is 0 Å². The van der Waals surface area contributed by atoms with Gasteiger partial charge in [0.1, 0.15) is 12.4 Å². The Bertz CT molecular complexity index is 549. The molecule has 2 atom stereocenters. The fraction of sp³-hybridized carbons (Fsp3) is 0.909. The highest BCUT2D eigenvalue weighted by molar-refractivity contribution is 4.90. The highest BCUT2D eigenvalue weighted by Gasteiger charge is 2.25. The Morgan fingerprint density at radius 1 is 0.543 bits per heavy atom. The van der Waals surface area contributed by atoms with Gasteiger partial charge in [-0.25, -0.2) is 9.55 Å². The van der Waals surface area contributed by atoms with Crippen LogP contribution in [0.2, 0.25) is 0 Å². The highest BCUT2D eigenvalue weighted by atomic mass is 15.1. The van der Waals surface area contributed by atoms with E-state index in [4.69, 9.17) is 0 Å². The van der Waals surface area contributed by atoms with E-state index in [-0.39, 0.29) is 0 Å². The second-order valence-corrected chi connectivity index (χ2v) is 11.5. The largest absolute Gasteiger partial charge is 0.257 e. The van der Waals surface area contributed by atoms with Gasteiger partial charge in [-0.3, -0.25) is 0 Å². The van der Waals surface area contributed by atoms with Crippen molar-refractivity contribution in [3.8, 4) is 0 Å². The first kappa shape index (κ1) is 32.2. The van der Waals surface area contributed by atoms with Crippen LogP contribution in [0.4, 0.5) is 0 Å². The molecular weight excluding hydrogens is 424 g/mol. The number of H-pyrrole nitrogens is 1. The van der Waals surface area contributed by atoms with E-state index >= 15 is 0 Å². The third-order valence-electron chi connectivity index (χ3n) is 8.14. The molecule has 0 aliphatic heterocycles. The summed E-state index contributed by atoms with van der Waals surface area (Å²) in [5, 5.41) is 0. The Morgan fingerprint density at radius 2 is 0.914 bits per heavy atom. The van der Waals surface area contributed by atoms with Gasteiger partial charge in [-0.15, -0.1) is 0 Å². The van der Waals surface area contributed by atoms with Gasteiger partial charge in [0.25, 0.3) is 5.82 Å². The Morgan fingerprint density at radius 3 is 1.37 bits per heavy atom. The zero-order valence-electron chi connectivity index (χ0n) is 24.7. The quantitative estimate of drug-likeness (QED) is 0.0985. The Labute approximate surface area is 221 Å². The standard InChI is InChI=1S/C33H64N2/c1-5-8-11-14-15-16-17-18-19-20-22-25-28-32(27-24-21-12-9-6-2)33-34-29-30-35(33)31(4)26-23-13-10-7-3/h29-32H,5-28H2,1-4H3/p+1. The summed E-state index contributed by atoms with van der Waals surface area (Å²) in [6.45, 7) is 9.37. The smallest absolute Gasteiger partial charge is 0.247 e. The molecule has 35 heavy (non-hydrogen) atoms. The first-order valence-electron chi connectivity index (χ1n) is 16.3. The summed E-state index contributed by atoms with van der Waals surface area (Å²) in [6.07, 6.45) is 38.3. The summed E-state index contributed by atoms with van der Waals surface area (Å²) < 4.78 is 2.60. The van der Waals surface area contributed by atoms with Crippen molar-refractivity contribution in [2.24, 2.45) is 0 Å². The molecule has 1 aromatic heterocycles.